The number of fused-ring (bicyclic) bond motifs is 1. The van der Waals surface area contributed by atoms with Gasteiger partial charge >= 0.3 is 6.18 Å². The third-order valence-corrected chi connectivity index (χ3v) is 8.85. The number of aromatic nitrogens is 3. The first-order valence-corrected chi connectivity index (χ1v) is 14.4. The van der Waals surface area contributed by atoms with E-state index in [1.807, 2.05) is 0 Å². The number of pyridine rings is 1. The SMILES string of the molecule is Cc1csc(NC(=O)CSc2nc3c(c(C(F)(F)F)c2C#N)CC(Cc2sc(NC(=O)CCl)nc2C)C3)n1. The Hall–Kier alpha value is -2.73. The molecule has 3 heterocycles. The first-order valence-electron chi connectivity index (χ1n) is 11.2. The second-order valence-corrected chi connectivity index (χ2v) is 11.7. The molecule has 0 aromatic carbocycles. The van der Waals surface area contributed by atoms with Crippen LogP contribution in [0.4, 0.5) is 23.4 Å². The fourth-order valence-electron chi connectivity index (χ4n) is 4.12. The van der Waals surface area contributed by atoms with Crippen LogP contribution in [0, 0.1) is 31.1 Å². The van der Waals surface area contributed by atoms with E-state index >= 15 is 0 Å². The standard InChI is InChI=1S/C23H20ClF3N6O2S3/c1-10-8-37-21(29-10)33-18(35)9-36-20-14(7-28)19(23(25,26)27)13-3-12(4-15(13)31-20)5-16-11(2)30-22(38-16)32-17(34)6-24/h8,12H,3-6,9H2,1-2H3,(H,29,33,35)(H,30,32,34). The minimum absolute atomic E-state index is 0.0175. The second kappa shape index (κ2) is 11.6. The van der Waals surface area contributed by atoms with Gasteiger partial charge in [-0.25, -0.2) is 15.0 Å². The molecule has 0 radical (unpaired) electrons. The van der Waals surface area contributed by atoms with Gasteiger partial charge in [-0.3, -0.25) is 9.59 Å². The number of hydrogen-bond acceptors (Lipinski definition) is 9. The quantitative estimate of drug-likeness (QED) is 0.263. The molecule has 0 bridgehead atoms. The maximum atomic E-state index is 14.2. The fourth-order valence-corrected chi connectivity index (χ4v) is 6.79. The zero-order chi connectivity index (χ0) is 27.6. The van der Waals surface area contributed by atoms with Crippen LogP contribution < -0.4 is 10.6 Å². The minimum atomic E-state index is -4.76. The predicted molar refractivity (Wildman–Crippen MR) is 141 cm³/mol. The summed E-state index contributed by atoms with van der Waals surface area (Å²) in [4.78, 5) is 37.6. The zero-order valence-corrected chi connectivity index (χ0v) is 23.2. The lowest BCUT2D eigenvalue weighted by atomic mass is 9.98. The maximum Gasteiger partial charge on any atom is 0.418 e. The Morgan fingerprint density at radius 2 is 1.92 bits per heavy atom. The first-order chi connectivity index (χ1) is 18.0. The summed E-state index contributed by atoms with van der Waals surface area (Å²) in [5.41, 5.74) is 0.151. The van der Waals surface area contributed by atoms with E-state index in [2.05, 4.69) is 25.6 Å². The van der Waals surface area contributed by atoms with E-state index in [0.29, 0.717) is 22.4 Å². The summed E-state index contributed by atoms with van der Waals surface area (Å²) in [6, 6.07) is 1.67. The summed E-state index contributed by atoms with van der Waals surface area (Å²) in [6.07, 6.45) is -3.94. The number of carbonyl (C=O) groups excluding carboxylic acids is 2. The highest BCUT2D eigenvalue weighted by molar-refractivity contribution is 8.00. The highest BCUT2D eigenvalue weighted by atomic mass is 35.5. The van der Waals surface area contributed by atoms with Crippen molar-refractivity contribution in [3.8, 4) is 6.07 Å². The number of alkyl halides is 4. The lowest BCUT2D eigenvalue weighted by molar-refractivity contribution is -0.138. The van der Waals surface area contributed by atoms with Crippen molar-refractivity contribution >= 4 is 68.1 Å². The maximum absolute atomic E-state index is 14.2. The van der Waals surface area contributed by atoms with Gasteiger partial charge in [-0.1, -0.05) is 11.8 Å². The number of hydrogen-bond donors (Lipinski definition) is 2. The van der Waals surface area contributed by atoms with Crippen LogP contribution in [0.2, 0.25) is 0 Å². The second-order valence-electron chi connectivity index (χ2n) is 8.52. The van der Waals surface area contributed by atoms with Crippen LogP contribution >= 0.6 is 46.0 Å². The Kier molecular flexibility index (Phi) is 8.61. The Morgan fingerprint density at radius 3 is 2.55 bits per heavy atom. The van der Waals surface area contributed by atoms with Gasteiger partial charge in [0.1, 0.15) is 17.0 Å². The van der Waals surface area contributed by atoms with Gasteiger partial charge in [0, 0.05) is 16.0 Å². The van der Waals surface area contributed by atoms with Crippen LogP contribution in [0.3, 0.4) is 0 Å². The molecular weight excluding hydrogens is 581 g/mol. The molecular formula is C23H20ClF3N6O2S3. The summed E-state index contributed by atoms with van der Waals surface area (Å²) < 4.78 is 42.6. The van der Waals surface area contributed by atoms with Crippen LogP contribution in [0.15, 0.2) is 10.4 Å². The number of anilines is 2. The lowest BCUT2D eigenvalue weighted by Gasteiger charge is -2.16. The van der Waals surface area contributed by atoms with Gasteiger partial charge in [0.2, 0.25) is 11.8 Å². The minimum Gasteiger partial charge on any atom is -0.301 e. The Morgan fingerprint density at radius 1 is 1.18 bits per heavy atom. The van der Waals surface area contributed by atoms with Crippen LogP contribution in [0.25, 0.3) is 0 Å². The van der Waals surface area contributed by atoms with Gasteiger partial charge in [-0.05, 0) is 44.6 Å². The molecule has 3 aromatic heterocycles. The molecule has 38 heavy (non-hydrogen) atoms. The summed E-state index contributed by atoms with van der Waals surface area (Å²) in [6.45, 7) is 3.54. The van der Waals surface area contributed by atoms with Crippen molar-refractivity contribution in [1.82, 2.24) is 15.0 Å². The summed E-state index contributed by atoms with van der Waals surface area (Å²) >= 11 is 8.80. The van der Waals surface area contributed by atoms with E-state index in [4.69, 9.17) is 11.6 Å². The molecule has 1 unspecified atom stereocenters. The Labute approximate surface area is 233 Å². The van der Waals surface area contributed by atoms with E-state index < -0.39 is 29.1 Å². The third-order valence-electron chi connectivity index (χ3n) is 5.66. The van der Waals surface area contributed by atoms with Gasteiger partial charge in [0.25, 0.3) is 0 Å². The van der Waals surface area contributed by atoms with Crippen LogP contribution in [0.1, 0.15) is 38.6 Å². The van der Waals surface area contributed by atoms with E-state index in [9.17, 15) is 28.0 Å². The van der Waals surface area contributed by atoms with E-state index in [0.717, 1.165) is 22.3 Å². The molecule has 4 rings (SSSR count). The number of rotatable bonds is 8. The summed E-state index contributed by atoms with van der Waals surface area (Å²) in [7, 11) is 0. The van der Waals surface area contributed by atoms with Crippen molar-refractivity contribution < 1.29 is 22.8 Å². The highest BCUT2D eigenvalue weighted by Crippen LogP contribution is 2.43. The summed E-state index contributed by atoms with van der Waals surface area (Å²) in [5, 5.41) is 17.3. The number of nitrogens with zero attached hydrogens (tertiary/aromatic N) is 4. The van der Waals surface area contributed by atoms with E-state index in [1.54, 1.807) is 25.3 Å². The smallest absolute Gasteiger partial charge is 0.301 e. The number of nitrogens with one attached hydrogen (secondary N) is 2. The van der Waals surface area contributed by atoms with Gasteiger partial charge in [-0.15, -0.1) is 34.3 Å². The van der Waals surface area contributed by atoms with E-state index in [1.165, 1.54) is 22.7 Å². The normalized spacial score (nSPS) is 14.7. The average Bonchev–Trinajstić information content (AvgIpc) is 3.53. The zero-order valence-electron chi connectivity index (χ0n) is 20.0. The number of aryl methyl sites for hydroxylation is 2. The van der Waals surface area contributed by atoms with E-state index in [-0.39, 0.29) is 46.7 Å². The topological polar surface area (TPSA) is 121 Å². The van der Waals surface area contributed by atoms with Crippen molar-refractivity contribution in [3.63, 3.8) is 0 Å². The van der Waals surface area contributed by atoms with Crippen LogP contribution in [0.5, 0.6) is 0 Å². The number of amides is 2. The molecule has 1 aliphatic carbocycles. The Balaban J connectivity index is 1.55. The highest BCUT2D eigenvalue weighted by Gasteiger charge is 2.42. The fraction of sp³-hybridized carbons (Fsp3) is 0.391. The van der Waals surface area contributed by atoms with Crippen molar-refractivity contribution in [1.29, 1.82) is 5.26 Å². The van der Waals surface area contributed by atoms with Crippen molar-refractivity contribution in [2.45, 2.75) is 44.3 Å². The van der Waals surface area contributed by atoms with Crippen LogP contribution in [-0.4, -0.2) is 38.4 Å². The first kappa shape index (κ1) is 28.3. The molecule has 200 valence electrons. The number of halogens is 4. The largest absolute Gasteiger partial charge is 0.418 e. The molecule has 15 heteroatoms. The van der Waals surface area contributed by atoms with Crippen LogP contribution in [-0.2, 0) is 35.0 Å². The predicted octanol–water partition coefficient (Wildman–Crippen LogP) is 5.37. The monoisotopic (exact) mass is 600 g/mol. The molecule has 8 nitrogen and oxygen atoms in total. The molecule has 0 fully saturated rings. The molecule has 0 saturated heterocycles. The lowest BCUT2D eigenvalue weighted by Crippen LogP contribution is -2.16. The van der Waals surface area contributed by atoms with Gasteiger partial charge < -0.3 is 10.6 Å². The van der Waals surface area contributed by atoms with Crippen molar-refractivity contribution in [3.05, 3.63) is 44.0 Å². The summed E-state index contributed by atoms with van der Waals surface area (Å²) in [5.74, 6) is -1.50. The Bertz CT molecular complexity index is 1430. The molecule has 0 spiro atoms. The molecule has 2 amide bonds. The molecule has 2 N–H and O–H groups in total. The molecule has 0 saturated carbocycles. The van der Waals surface area contributed by atoms with Gasteiger partial charge in [0.05, 0.1) is 28.3 Å². The number of thiazole rings is 2. The molecule has 3 aromatic rings. The molecule has 1 atom stereocenters. The average molecular weight is 601 g/mol. The molecule has 1 aliphatic rings. The molecule has 0 aliphatic heterocycles. The number of nitriles is 1. The van der Waals surface area contributed by atoms with Crippen molar-refractivity contribution in [2.24, 2.45) is 5.92 Å². The van der Waals surface area contributed by atoms with Crippen molar-refractivity contribution in [2.75, 3.05) is 22.3 Å². The van der Waals surface area contributed by atoms with Gasteiger partial charge in [-0.2, -0.15) is 18.4 Å². The number of carbonyl (C=O) groups is 2. The number of thioether (sulfide) groups is 1. The third kappa shape index (κ3) is 6.45. The van der Waals surface area contributed by atoms with Gasteiger partial charge in [0.15, 0.2) is 10.3 Å².